The van der Waals surface area contributed by atoms with Gasteiger partial charge in [0.25, 0.3) is 0 Å². The van der Waals surface area contributed by atoms with Crippen molar-refractivity contribution in [3.63, 3.8) is 0 Å². The Morgan fingerprint density at radius 1 is 1.15 bits per heavy atom. The van der Waals surface area contributed by atoms with Gasteiger partial charge in [0.1, 0.15) is 6.10 Å². The largest absolute Gasteiger partial charge is 0.461 e. The maximum absolute atomic E-state index is 12.5. The molecule has 4 bridgehead atoms. The summed E-state index contributed by atoms with van der Waals surface area (Å²) in [4.78, 5) is 12.5. The third-order valence-corrected chi connectivity index (χ3v) is 7.38. The first kappa shape index (κ1) is 13.1. The molecule has 2 heterocycles. The topological polar surface area (TPSA) is 35.5 Å². The summed E-state index contributed by atoms with van der Waals surface area (Å²) >= 11 is 0. The molecule has 0 aromatic rings. The first-order valence-electron chi connectivity index (χ1n) is 8.28. The first-order chi connectivity index (χ1) is 9.42. The van der Waals surface area contributed by atoms with Gasteiger partial charge in [0.05, 0.1) is 18.1 Å². The van der Waals surface area contributed by atoms with Crippen molar-refractivity contribution in [1.82, 2.24) is 0 Å². The molecule has 0 radical (unpaired) electrons. The fourth-order valence-electron chi connectivity index (χ4n) is 5.42. The van der Waals surface area contributed by atoms with Gasteiger partial charge in [-0.2, -0.15) is 0 Å². The number of carbonyl (C=O) groups is 1. The second kappa shape index (κ2) is 4.00. The predicted molar refractivity (Wildman–Crippen MR) is 75.1 cm³/mol. The minimum atomic E-state index is 0.0135. The van der Waals surface area contributed by atoms with Crippen LogP contribution in [0.2, 0.25) is 0 Å². The Bertz CT molecular complexity index is 444. The van der Waals surface area contributed by atoms with Crippen LogP contribution < -0.4 is 0 Å². The van der Waals surface area contributed by atoms with Crippen molar-refractivity contribution in [2.45, 2.75) is 77.6 Å². The summed E-state index contributed by atoms with van der Waals surface area (Å²) in [5.41, 5.74) is 0.481. The average Bonchev–Trinajstić information content (AvgIpc) is 3.10. The van der Waals surface area contributed by atoms with E-state index in [9.17, 15) is 4.79 Å². The van der Waals surface area contributed by atoms with E-state index in [0.29, 0.717) is 11.5 Å². The summed E-state index contributed by atoms with van der Waals surface area (Å²) in [6.45, 7) is 7.05. The van der Waals surface area contributed by atoms with Gasteiger partial charge in [0.2, 0.25) is 0 Å². The zero-order chi connectivity index (χ0) is 14.1. The van der Waals surface area contributed by atoms with Gasteiger partial charge in [-0.1, -0.05) is 20.8 Å². The van der Waals surface area contributed by atoms with Crippen LogP contribution in [-0.4, -0.2) is 24.3 Å². The van der Waals surface area contributed by atoms with Crippen LogP contribution in [0.3, 0.4) is 0 Å². The fraction of sp³-hybridized carbons (Fsp3) is 0.941. The lowest BCUT2D eigenvalue weighted by Crippen LogP contribution is -2.40. The van der Waals surface area contributed by atoms with E-state index in [1.807, 2.05) is 0 Å². The molecule has 4 rings (SSSR count). The Morgan fingerprint density at radius 3 is 2.45 bits per heavy atom. The predicted octanol–water partition coefficient (Wildman–Crippen LogP) is 3.31. The van der Waals surface area contributed by atoms with Crippen LogP contribution in [0.4, 0.5) is 0 Å². The standard InChI is InChI=1S/C17H26O3/c1-16(2)10-6-7-17(16,3)14(8-10)20-15(18)12-9-11-4-5-13(12)19-11/h10-14H,4-9H2,1-3H3/t10-,11+,12-,13+,14+,17-/m0/s1. The molecule has 4 aliphatic rings. The average molecular weight is 278 g/mol. The molecule has 6 atom stereocenters. The number of carbonyl (C=O) groups excluding carboxylic acids is 1. The normalized spacial score (nSPS) is 51.6. The van der Waals surface area contributed by atoms with Crippen molar-refractivity contribution in [1.29, 1.82) is 0 Å². The summed E-state index contributed by atoms with van der Waals surface area (Å²) in [6.07, 6.45) is 7.23. The van der Waals surface area contributed by atoms with E-state index in [4.69, 9.17) is 9.47 Å². The zero-order valence-electron chi connectivity index (χ0n) is 12.9. The SMILES string of the molecule is CC1(C)[C@H]2CC[C@@]1(C)[C@H](OC(=O)[C@H]1C[C@H]3CC[C@H]1O3)C2. The van der Waals surface area contributed by atoms with Gasteiger partial charge < -0.3 is 9.47 Å². The summed E-state index contributed by atoms with van der Waals surface area (Å²) in [5.74, 6) is 0.757. The Morgan fingerprint density at radius 2 is 1.95 bits per heavy atom. The lowest BCUT2D eigenvalue weighted by atomic mass is 9.70. The summed E-state index contributed by atoms with van der Waals surface area (Å²) in [5, 5.41) is 0. The summed E-state index contributed by atoms with van der Waals surface area (Å²) < 4.78 is 11.8. The molecule has 0 aromatic heterocycles. The molecule has 3 heteroatoms. The van der Waals surface area contributed by atoms with Crippen LogP contribution in [0, 0.1) is 22.7 Å². The fourth-order valence-corrected chi connectivity index (χ4v) is 5.42. The molecule has 2 saturated carbocycles. The maximum atomic E-state index is 12.5. The molecule has 20 heavy (non-hydrogen) atoms. The van der Waals surface area contributed by atoms with E-state index in [0.717, 1.165) is 31.6 Å². The molecule has 4 fully saturated rings. The van der Waals surface area contributed by atoms with Crippen molar-refractivity contribution in [3.8, 4) is 0 Å². The summed E-state index contributed by atoms with van der Waals surface area (Å²) in [7, 11) is 0. The highest BCUT2D eigenvalue weighted by Gasteiger charge is 2.63. The third-order valence-electron chi connectivity index (χ3n) is 7.38. The van der Waals surface area contributed by atoms with Crippen molar-refractivity contribution in [2.24, 2.45) is 22.7 Å². The molecule has 2 aliphatic carbocycles. The van der Waals surface area contributed by atoms with Crippen molar-refractivity contribution in [3.05, 3.63) is 0 Å². The van der Waals surface area contributed by atoms with Crippen molar-refractivity contribution >= 4 is 5.97 Å². The second-order valence-corrected chi connectivity index (χ2v) is 8.25. The molecule has 112 valence electrons. The van der Waals surface area contributed by atoms with Gasteiger partial charge in [-0.3, -0.25) is 4.79 Å². The van der Waals surface area contributed by atoms with Gasteiger partial charge >= 0.3 is 5.97 Å². The highest BCUT2D eigenvalue weighted by atomic mass is 16.6. The van der Waals surface area contributed by atoms with Crippen LogP contribution in [0.15, 0.2) is 0 Å². The van der Waals surface area contributed by atoms with E-state index in [1.54, 1.807) is 0 Å². The Labute approximate surface area is 121 Å². The van der Waals surface area contributed by atoms with Gasteiger partial charge in [-0.05, 0) is 49.9 Å². The Hall–Kier alpha value is -0.570. The maximum Gasteiger partial charge on any atom is 0.311 e. The van der Waals surface area contributed by atoms with Crippen LogP contribution in [0.5, 0.6) is 0 Å². The third kappa shape index (κ3) is 1.53. The number of fused-ring (bicyclic) bond motifs is 4. The molecule has 0 aromatic carbocycles. The van der Waals surface area contributed by atoms with E-state index in [2.05, 4.69) is 20.8 Å². The molecule has 0 amide bonds. The lowest BCUT2D eigenvalue weighted by Gasteiger charge is -2.39. The van der Waals surface area contributed by atoms with E-state index in [1.165, 1.54) is 12.8 Å². The van der Waals surface area contributed by atoms with Gasteiger partial charge in [-0.15, -0.1) is 0 Å². The van der Waals surface area contributed by atoms with Crippen LogP contribution in [0.25, 0.3) is 0 Å². The number of rotatable bonds is 2. The van der Waals surface area contributed by atoms with Crippen LogP contribution in [0.1, 0.15) is 59.3 Å². The van der Waals surface area contributed by atoms with Gasteiger partial charge in [0, 0.05) is 5.41 Å². The zero-order valence-corrected chi connectivity index (χ0v) is 12.9. The lowest BCUT2D eigenvalue weighted by molar-refractivity contribution is -0.163. The molecular weight excluding hydrogens is 252 g/mol. The van der Waals surface area contributed by atoms with Gasteiger partial charge in [0.15, 0.2) is 0 Å². The molecule has 3 nitrogen and oxygen atoms in total. The molecule has 0 N–H and O–H groups in total. The number of hydrogen-bond acceptors (Lipinski definition) is 3. The van der Waals surface area contributed by atoms with Crippen molar-refractivity contribution < 1.29 is 14.3 Å². The number of ether oxygens (including phenoxy) is 2. The summed E-state index contributed by atoms with van der Waals surface area (Å²) in [6, 6.07) is 0. The Kier molecular flexibility index (Phi) is 2.62. The monoisotopic (exact) mass is 278 g/mol. The number of hydrogen-bond donors (Lipinski definition) is 0. The molecule has 2 aliphatic heterocycles. The molecule has 0 unspecified atom stereocenters. The van der Waals surface area contributed by atoms with Crippen LogP contribution in [-0.2, 0) is 14.3 Å². The van der Waals surface area contributed by atoms with Gasteiger partial charge in [-0.25, -0.2) is 0 Å². The van der Waals surface area contributed by atoms with E-state index in [-0.39, 0.29) is 29.5 Å². The van der Waals surface area contributed by atoms with Crippen molar-refractivity contribution in [2.75, 3.05) is 0 Å². The molecular formula is C17H26O3. The highest BCUT2D eigenvalue weighted by Crippen LogP contribution is 2.66. The van der Waals surface area contributed by atoms with Crippen LogP contribution >= 0.6 is 0 Å². The molecule has 0 spiro atoms. The first-order valence-corrected chi connectivity index (χ1v) is 8.28. The quantitative estimate of drug-likeness (QED) is 0.727. The highest BCUT2D eigenvalue weighted by molar-refractivity contribution is 5.74. The minimum Gasteiger partial charge on any atom is -0.461 e. The molecule has 2 saturated heterocycles. The smallest absolute Gasteiger partial charge is 0.311 e. The Balaban J connectivity index is 1.47. The van der Waals surface area contributed by atoms with E-state index >= 15 is 0 Å². The second-order valence-electron chi connectivity index (χ2n) is 8.25. The minimum absolute atomic E-state index is 0.0135. The number of esters is 1. The van der Waals surface area contributed by atoms with E-state index < -0.39 is 0 Å².